The normalized spacial score (nSPS) is 22.7. The maximum atomic E-state index is 13.1. The van der Waals surface area contributed by atoms with Gasteiger partial charge in [0.1, 0.15) is 5.41 Å². The minimum Gasteiger partial charge on any atom is -0.338 e. The Hall–Kier alpha value is -1.60. The molecule has 1 N–H and O–H groups in total. The predicted octanol–water partition coefficient (Wildman–Crippen LogP) is 2.40. The van der Waals surface area contributed by atoms with E-state index in [9.17, 15) is 18.0 Å². The Morgan fingerprint density at radius 1 is 1.35 bits per heavy atom. The Kier molecular flexibility index (Phi) is 5.05. The molecular formula is C18H23ClN2O4S. The molecule has 8 heteroatoms. The van der Waals surface area contributed by atoms with Gasteiger partial charge in [-0.25, -0.2) is 8.42 Å². The van der Waals surface area contributed by atoms with Gasteiger partial charge in [0.2, 0.25) is 11.8 Å². The fraction of sp³-hybridized carbons (Fsp3) is 0.556. The second-order valence-corrected chi connectivity index (χ2v) is 9.81. The zero-order chi connectivity index (χ0) is 19.1. The molecule has 2 fully saturated rings. The third kappa shape index (κ3) is 3.60. The molecule has 1 saturated carbocycles. The number of rotatable bonds is 5. The highest BCUT2D eigenvalue weighted by molar-refractivity contribution is 7.91. The second kappa shape index (κ2) is 6.85. The molecule has 0 radical (unpaired) electrons. The average molecular weight is 399 g/mol. The summed E-state index contributed by atoms with van der Waals surface area (Å²) < 4.78 is 23.5. The van der Waals surface area contributed by atoms with E-state index in [1.165, 1.54) is 0 Å². The van der Waals surface area contributed by atoms with Crippen LogP contribution in [-0.4, -0.2) is 49.2 Å². The first-order chi connectivity index (χ1) is 12.2. The molecule has 3 rings (SSSR count). The van der Waals surface area contributed by atoms with Gasteiger partial charge in [0.05, 0.1) is 11.5 Å². The lowest BCUT2D eigenvalue weighted by Crippen LogP contribution is -2.48. The lowest BCUT2D eigenvalue weighted by molar-refractivity contribution is -0.143. The monoisotopic (exact) mass is 398 g/mol. The fourth-order valence-electron chi connectivity index (χ4n) is 3.50. The molecule has 26 heavy (non-hydrogen) atoms. The van der Waals surface area contributed by atoms with Crippen molar-refractivity contribution in [1.82, 2.24) is 4.90 Å². The zero-order valence-corrected chi connectivity index (χ0v) is 16.5. The minimum atomic E-state index is -3.10. The quantitative estimate of drug-likeness (QED) is 0.772. The number of anilines is 1. The van der Waals surface area contributed by atoms with Crippen LogP contribution in [0.4, 0.5) is 5.69 Å². The highest BCUT2D eigenvalue weighted by Crippen LogP contribution is 2.49. The number of hydrogen-bond donors (Lipinski definition) is 1. The summed E-state index contributed by atoms with van der Waals surface area (Å²) in [6, 6.07) is 4.87. The standard InChI is InChI=1S/C18H23ClN2O4S/c1-3-21(14-6-9-26(24,25)11-14)17(23)18(7-8-18)16(22)20-15-10-13(19)5-4-12(15)2/h4-5,10,14H,3,6-9,11H2,1-2H3,(H,20,22). The number of nitrogens with one attached hydrogen (secondary N) is 1. The SMILES string of the molecule is CCN(C(=O)C1(C(=O)Nc2cc(Cl)ccc2C)CC1)C1CCS(=O)(=O)C1. The molecule has 1 unspecified atom stereocenters. The Bertz CT molecular complexity index is 849. The summed E-state index contributed by atoms with van der Waals surface area (Å²) >= 11 is 6.00. The van der Waals surface area contributed by atoms with Crippen molar-refractivity contribution in [3.05, 3.63) is 28.8 Å². The van der Waals surface area contributed by atoms with E-state index in [4.69, 9.17) is 11.6 Å². The minimum absolute atomic E-state index is 0.0162. The van der Waals surface area contributed by atoms with Gasteiger partial charge in [-0.2, -0.15) is 0 Å². The van der Waals surface area contributed by atoms with Crippen LogP contribution in [0.1, 0.15) is 31.7 Å². The summed E-state index contributed by atoms with van der Waals surface area (Å²) in [4.78, 5) is 27.5. The number of amides is 2. The summed E-state index contributed by atoms with van der Waals surface area (Å²) in [5.41, 5.74) is 0.366. The van der Waals surface area contributed by atoms with E-state index in [1.807, 2.05) is 13.8 Å². The number of hydrogen-bond acceptors (Lipinski definition) is 4. The molecule has 1 aromatic carbocycles. The number of benzene rings is 1. The summed E-state index contributed by atoms with van der Waals surface area (Å²) in [5, 5.41) is 3.34. The average Bonchev–Trinajstić information content (AvgIpc) is 3.31. The summed E-state index contributed by atoms with van der Waals surface area (Å²) in [6.45, 7) is 4.07. The Labute approximate surface area is 158 Å². The molecule has 1 aliphatic carbocycles. The van der Waals surface area contributed by atoms with Crippen LogP contribution in [0, 0.1) is 12.3 Å². The first-order valence-electron chi connectivity index (χ1n) is 8.77. The third-order valence-corrected chi connectivity index (χ3v) is 7.28. The molecular weight excluding hydrogens is 376 g/mol. The van der Waals surface area contributed by atoms with Gasteiger partial charge < -0.3 is 10.2 Å². The summed E-state index contributed by atoms with van der Waals surface area (Å²) in [6.07, 6.45) is 1.40. The van der Waals surface area contributed by atoms with E-state index >= 15 is 0 Å². The molecule has 0 spiro atoms. The van der Waals surface area contributed by atoms with Crippen molar-refractivity contribution in [3.63, 3.8) is 0 Å². The number of halogens is 1. The maximum Gasteiger partial charge on any atom is 0.240 e. The molecule has 1 aliphatic heterocycles. The van der Waals surface area contributed by atoms with Crippen molar-refractivity contribution in [2.75, 3.05) is 23.4 Å². The number of nitrogens with zero attached hydrogens (tertiary/aromatic N) is 1. The van der Waals surface area contributed by atoms with Crippen LogP contribution in [0.2, 0.25) is 5.02 Å². The topological polar surface area (TPSA) is 83.6 Å². The van der Waals surface area contributed by atoms with E-state index in [0.717, 1.165) is 5.56 Å². The van der Waals surface area contributed by atoms with Gasteiger partial charge in [-0.15, -0.1) is 0 Å². The number of aryl methyl sites for hydroxylation is 1. The van der Waals surface area contributed by atoms with Crippen molar-refractivity contribution in [2.24, 2.45) is 5.41 Å². The molecule has 1 atom stereocenters. The Morgan fingerprint density at radius 2 is 2.04 bits per heavy atom. The smallest absolute Gasteiger partial charge is 0.240 e. The van der Waals surface area contributed by atoms with Gasteiger partial charge in [-0.3, -0.25) is 9.59 Å². The predicted molar refractivity (Wildman–Crippen MR) is 101 cm³/mol. The fourth-order valence-corrected chi connectivity index (χ4v) is 5.40. The summed E-state index contributed by atoms with van der Waals surface area (Å²) in [5.74, 6) is -0.522. The van der Waals surface area contributed by atoms with Crippen LogP contribution in [0.3, 0.4) is 0 Å². The van der Waals surface area contributed by atoms with Gasteiger partial charge in [-0.05, 0) is 50.8 Å². The molecule has 6 nitrogen and oxygen atoms in total. The van der Waals surface area contributed by atoms with Crippen LogP contribution in [0.5, 0.6) is 0 Å². The number of carbonyl (C=O) groups is 2. The molecule has 142 valence electrons. The first kappa shape index (κ1) is 19.2. The van der Waals surface area contributed by atoms with Gasteiger partial charge in [0.25, 0.3) is 0 Å². The highest BCUT2D eigenvalue weighted by atomic mass is 35.5. The molecule has 1 saturated heterocycles. The van der Waals surface area contributed by atoms with E-state index in [1.54, 1.807) is 23.1 Å². The van der Waals surface area contributed by atoms with Gasteiger partial charge >= 0.3 is 0 Å². The van der Waals surface area contributed by atoms with Crippen molar-refractivity contribution >= 4 is 38.9 Å². The molecule has 1 aromatic rings. The van der Waals surface area contributed by atoms with Gasteiger partial charge in [-0.1, -0.05) is 17.7 Å². The molecule has 2 amide bonds. The van der Waals surface area contributed by atoms with Crippen molar-refractivity contribution in [3.8, 4) is 0 Å². The Morgan fingerprint density at radius 3 is 2.58 bits per heavy atom. The maximum absolute atomic E-state index is 13.1. The van der Waals surface area contributed by atoms with E-state index in [0.29, 0.717) is 36.5 Å². The van der Waals surface area contributed by atoms with E-state index in [-0.39, 0.29) is 29.4 Å². The van der Waals surface area contributed by atoms with Crippen LogP contribution in [0.25, 0.3) is 0 Å². The first-order valence-corrected chi connectivity index (χ1v) is 11.0. The largest absolute Gasteiger partial charge is 0.338 e. The van der Waals surface area contributed by atoms with Gasteiger partial charge in [0, 0.05) is 23.3 Å². The van der Waals surface area contributed by atoms with Crippen molar-refractivity contribution in [1.29, 1.82) is 0 Å². The number of carbonyl (C=O) groups excluding carboxylic acids is 2. The third-order valence-electron chi connectivity index (χ3n) is 5.29. The van der Waals surface area contributed by atoms with Crippen LogP contribution >= 0.6 is 11.6 Å². The van der Waals surface area contributed by atoms with E-state index in [2.05, 4.69) is 5.32 Å². The highest BCUT2D eigenvalue weighted by Gasteiger charge is 2.59. The molecule has 0 aromatic heterocycles. The van der Waals surface area contributed by atoms with E-state index < -0.39 is 15.3 Å². The summed E-state index contributed by atoms with van der Waals surface area (Å²) in [7, 11) is -3.10. The Balaban J connectivity index is 1.77. The van der Waals surface area contributed by atoms with Crippen LogP contribution in [-0.2, 0) is 19.4 Å². The second-order valence-electron chi connectivity index (χ2n) is 7.14. The molecule has 0 bridgehead atoms. The van der Waals surface area contributed by atoms with Crippen LogP contribution in [0.15, 0.2) is 18.2 Å². The van der Waals surface area contributed by atoms with Crippen molar-refractivity contribution < 1.29 is 18.0 Å². The molecule has 1 heterocycles. The lowest BCUT2D eigenvalue weighted by Gasteiger charge is -2.30. The molecule has 2 aliphatic rings. The van der Waals surface area contributed by atoms with Gasteiger partial charge in [0.15, 0.2) is 9.84 Å². The van der Waals surface area contributed by atoms with Crippen molar-refractivity contribution in [2.45, 2.75) is 39.2 Å². The number of sulfone groups is 1. The zero-order valence-electron chi connectivity index (χ0n) is 14.9. The van der Waals surface area contributed by atoms with Crippen LogP contribution < -0.4 is 5.32 Å². The lowest BCUT2D eigenvalue weighted by atomic mass is 10.0.